The lowest BCUT2D eigenvalue weighted by molar-refractivity contribution is 0.253. The number of aromatic nitrogens is 2. The lowest BCUT2D eigenvalue weighted by Crippen LogP contribution is -2.39. The van der Waals surface area contributed by atoms with E-state index in [1.54, 1.807) is 0 Å². The van der Waals surface area contributed by atoms with Crippen LogP contribution in [0, 0.1) is 18.7 Å². The van der Waals surface area contributed by atoms with Crippen LogP contribution in [0.4, 0.5) is 4.39 Å². The molecule has 0 saturated carbocycles. The molecule has 5 nitrogen and oxygen atoms in total. The summed E-state index contributed by atoms with van der Waals surface area (Å²) in [5.41, 5.74) is 2.11. The molecule has 2 heterocycles. The van der Waals surface area contributed by atoms with Gasteiger partial charge >= 0.3 is 0 Å². The van der Waals surface area contributed by atoms with E-state index in [4.69, 9.17) is 0 Å². The zero-order valence-corrected chi connectivity index (χ0v) is 16.0. The van der Waals surface area contributed by atoms with Crippen molar-refractivity contribution < 1.29 is 12.8 Å². The van der Waals surface area contributed by atoms with Crippen LogP contribution in [0.5, 0.6) is 0 Å². The highest BCUT2D eigenvalue weighted by Crippen LogP contribution is 2.26. The number of benzene rings is 2. The van der Waals surface area contributed by atoms with E-state index in [1.165, 1.54) is 28.6 Å². The van der Waals surface area contributed by atoms with E-state index in [0.29, 0.717) is 19.0 Å². The molecule has 1 fully saturated rings. The van der Waals surface area contributed by atoms with E-state index in [1.807, 2.05) is 25.1 Å². The predicted octanol–water partition coefficient (Wildman–Crippen LogP) is 3.58. The Bertz CT molecular complexity index is 1050. The van der Waals surface area contributed by atoms with E-state index in [2.05, 4.69) is 15.6 Å². The first kappa shape index (κ1) is 18.1. The molecule has 0 unspecified atom stereocenters. The number of halogens is 1. The Kier molecular flexibility index (Phi) is 4.74. The van der Waals surface area contributed by atoms with E-state index in [9.17, 15) is 12.8 Å². The molecule has 0 radical (unpaired) electrons. The molecule has 0 bridgehead atoms. The standard InChI is InChI=1S/C20H22FN3O2S/c1-15-22-19-4-2-3-5-20(19)24(15)14-16-10-12-23(13-11-16)27(25,26)18-8-6-17(21)7-9-18/h2-9,16H,10-14H2,1H3. The number of sulfonamides is 1. The molecule has 3 aromatic rings. The Morgan fingerprint density at radius 1 is 1.07 bits per heavy atom. The molecule has 4 rings (SSSR count). The molecule has 1 saturated heterocycles. The van der Waals surface area contributed by atoms with Crippen molar-refractivity contribution in [1.29, 1.82) is 0 Å². The van der Waals surface area contributed by atoms with Crippen LogP contribution >= 0.6 is 0 Å². The Labute approximate surface area is 158 Å². The molecule has 1 aliphatic heterocycles. The van der Waals surface area contributed by atoms with Gasteiger partial charge in [0.25, 0.3) is 0 Å². The highest BCUT2D eigenvalue weighted by atomic mass is 32.2. The predicted molar refractivity (Wildman–Crippen MR) is 102 cm³/mol. The largest absolute Gasteiger partial charge is 0.328 e. The number of fused-ring (bicyclic) bond motifs is 1. The lowest BCUT2D eigenvalue weighted by Gasteiger charge is -2.31. The summed E-state index contributed by atoms with van der Waals surface area (Å²) in [5, 5.41) is 0. The first-order valence-electron chi connectivity index (χ1n) is 9.13. The molecule has 7 heteroatoms. The van der Waals surface area contributed by atoms with Crippen molar-refractivity contribution in [3.05, 3.63) is 60.2 Å². The van der Waals surface area contributed by atoms with E-state index in [0.717, 1.165) is 36.2 Å². The monoisotopic (exact) mass is 387 g/mol. The fourth-order valence-corrected chi connectivity index (χ4v) is 5.24. The third-order valence-corrected chi connectivity index (χ3v) is 7.22. The van der Waals surface area contributed by atoms with Gasteiger partial charge in [0.1, 0.15) is 11.6 Å². The molecule has 2 aromatic carbocycles. The van der Waals surface area contributed by atoms with Crippen LogP contribution < -0.4 is 0 Å². The maximum absolute atomic E-state index is 13.1. The Hall–Kier alpha value is -2.25. The molecule has 142 valence electrons. The summed E-state index contributed by atoms with van der Waals surface area (Å²) >= 11 is 0. The molecule has 0 amide bonds. The SMILES string of the molecule is Cc1nc2ccccc2n1CC1CCN(S(=O)(=O)c2ccc(F)cc2)CC1. The van der Waals surface area contributed by atoms with Gasteiger partial charge in [0.15, 0.2) is 0 Å². The van der Waals surface area contributed by atoms with Crippen molar-refractivity contribution in [2.75, 3.05) is 13.1 Å². The Morgan fingerprint density at radius 3 is 2.44 bits per heavy atom. The van der Waals surface area contributed by atoms with Crippen LogP contribution in [-0.4, -0.2) is 35.4 Å². The quantitative estimate of drug-likeness (QED) is 0.688. The summed E-state index contributed by atoms with van der Waals surface area (Å²) in [6, 6.07) is 13.1. The van der Waals surface area contributed by atoms with Crippen LogP contribution in [0.15, 0.2) is 53.4 Å². The third kappa shape index (κ3) is 3.49. The minimum atomic E-state index is -3.56. The van der Waals surface area contributed by atoms with Gasteiger partial charge in [0, 0.05) is 19.6 Å². The zero-order chi connectivity index (χ0) is 19.0. The van der Waals surface area contributed by atoms with Crippen LogP contribution in [0.3, 0.4) is 0 Å². The van der Waals surface area contributed by atoms with Crippen molar-refractivity contribution in [3.8, 4) is 0 Å². The molecule has 0 spiro atoms. The van der Waals surface area contributed by atoms with Gasteiger partial charge in [-0.25, -0.2) is 17.8 Å². The number of piperidine rings is 1. The maximum Gasteiger partial charge on any atom is 0.243 e. The smallest absolute Gasteiger partial charge is 0.243 e. The number of hydrogen-bond donors (Lipinski definition) is 0. The van der Waals surface area contributed by atoms with Crippen molar-refractivity contribution >= 4 is 21.1 Å². The summed E-state index contributed by atoms with van der Waals surface area (Å²) in [6.07, 6.45) is 1.60. The number of nitrogens with zero attached hydrogens (tertiary/aromatic N) is 3. The van der Waals surface area contributed by atoms with Gasteiger partial charge < -0.3 is 4.57 Å². The fraction of sp³-hybridized carbons (Fsp3) is 0.350. The number of hydrogen-bond acceptors (Lipinski definition) is 3. The molecule has 0 aliphatic carbocycles. The summed E-state index contributed by atoms with van der Waals surface area (Å²) in [7, 11) is -3.56. The summed E-state index contributed by atoms with van der Waals surface area (Å²) in [5.74, 6) is 0.953. The first-order chi connectivity index (χ1) is 12.9. The van der Waals surface area contributed by atoms with E-state index >= 15 is 0 Å². The molecular weight excluding hydrogens is 365 g/mol. The summed E-state index contributed by atoms with van der Waals surface area (Å²) < 4.78 is 42.3. The van der Waals surface area contributed by atoms with Crippen LogP contribution in [-0.2, 0) is 16.6 Å². The number of aryl methyl sites for hydroxylation is 1. The number of para-hydroxylation sites is 2. The molecule has 0 atom stereocenters. The minimum absolute atomic E-state index is 0.152. The number of imidazole rings is 1. The molecule has 27 heavy (non-hydrogen) atoms. The third-order valence-electron chi connectivity index (χ3n) is 5.31. The van der Waals surface area contributed by atoms with Crippen LogP contribution in [0.25, 0.3) is 11.0 Å². The van der Waals surface area contributed by atoms with Crippen LogP contribution in [0.2, 0.25) is 0 Å². The van der Waals surface area contributed by atoms with E-state index in [-0.39, 0.29) is 4.90 Å². The summed E-state index contributed by atoms with van der Waals surface area (Å²) in [6.45, 7) is 3.82. The summed E-state index contributed by atoms with van der Waals surface area (Å²) in [4.78, 5) is 4.76. The molecule has 1 aliphatic rings. The fourth-order valence-electron chi connectivity index (χ4n) is 3.77. The van der Waals surface area contributed by atoms with E-state index < -0.39 is 15.8 Å². The molecule has 0 N–H and O–H groups in total. The topological polar surface area (TPSA) is 55.2 Å². The van der Waals surface area contributed by atoms with Gasteiger partial charge in [-0.05, 0) is 62.1 Å². The highest BCUT2D eigenvalue weighted by Gasteiger charge is 2.29. The lowest BCUT2D eigenvalue weighted by atomic mass is 9.98. The average Bonchev–Trinajstić information content (AvgIpc) is 2.98. The average molecular weight is 387 g/mol. The van der Waals surface area contributed by atoms with Crippen molar-refractivity contribution in [2.24, 2.45) is 5.92 Å². The Morgan fingerprint density at radius 2 is 1.74 bits per heavy atom. The maximum atomic E-state index is 13.1. The normalized spacial score (nSPS) is 16.8. The minimum Gasteiger partial charge on any atom is -0.328 e. The van der Waals surface area contributed by atoms with Gasteiger partial charge in [0.2, 0.25) is 10.0 Å². The molecular formula is C20H22FN3O2S. The van der Waals surface area contributed by atoms with Gasteiger partial charge in [-0.2, -0.15) is 4.31 Å². The van der Waals surface area contributed by atoms with Gasteiger partial charge in [-0.3, -0.25) is 0 Å². The van der Waals surface area contributed by atoms with Crippen LogP contribution in [0.1, 0.15) is 18.7 Å². The van der Waals surface area contributed by atoms with Crippen molar-refractivity contribution in [2.45, 2.75) is 31.2 Å². The molecule has 1 aromatic heterocycles. The zero-order valence-electron chi connectivity index (χ0n) is 15.2. The highest BCUT2D eigenvalue weighted by molar-refractivity contribution is 7.89. The number of rotatable bonds is 4. The second-order valence-corrected chi connectivity index (χ2v) is 9.00. The first-order valence-corrected chi connectivity index (χ1v) is 10.6. The van der Waals surface area contributed by atoms with Gasteiger partial charge in [0.05, 0.1) is 15.9 Å². The van der Waals surface area contributed by atoms with Gasteiger partial charge in [-0.15, -0.1) is 0 Å². The van der Waals surface area contributed by atoms with Crippen molar-refractivity contribution in [1.82, 2.24) is 13.9 Å². The van der Waals surface area contributed by atoms with Gasteiger partial charge in [-0.1, -0.05) is 12.1 Å². The van der Waals surface area contributed by atoms with Crippen molar-refractivity contribution in [3.63, 3.8) is 0 Å². The second kappa shape index (κ2) is 7.05. The Balaban J connectivity index is 1.46. The second-order valence-electron chi connectivity index (χ2n) is 7.06.